The monoisotopic (exact) mass is 363 g/mol. The van der Waals surface area contributed by atoms with Crippen molar-refractivity contribution in [3.8, 4) is 11.5 Å². The number of fused-ring (bicyclic) bond motifs is 1. The lowest BCUT2D eigenvalue weighted by molar-refractivity contribution is 0.621. The Kier molecular flexibility index (Phi) is 3.74. The second kappa shape index (κ2) is 5.34. The zero-order chi connectivity index (χ0) is 18.6. The zero-order valence-corrected chi connectivity index (χ0v) is 15.5. The summed E-state index contributed by atoms with van der Waals surface area (Å²) in [7, 11) is -3.42. The number of aromatic nitrogens is 3. The molecule has 0 fully saturated rings. The molecule has 2 heterocycles. The Balaban J connectivity index is 2.27. The third kappa shape index (κ3) is 3.03. The first kappa shape index (κ1) is 17.5. The Morgan fingerprint density at radius 1 is 1.20 bits per heavy atom. The molecule has 0 aliphatic rings. The van der Waals surface area contributed by atoms with Gasteiger partial charge in [-0.15, -0.1) is 0 Å². The van der Waals surface area contributed by atoms with Gasteiger partial charge in [-0.3, -0.25) is 9.35 Å². The molecule has 0 unspecified atom stereocenters. The van der Waals surface area contributed by atoms with E-state index >= 15 is 0 Å². The van der Waals surface area contributed by atoms with Gasteiger partial charge in [-0.2, -0.15) is 0 Å². The molecule has 0 aliphatic carbocycles. The fourth-order valence-corrected chi connectivity index (χ4v) is 3.56. The van der Waals surface area contributed by atoms with Crippen molar-refractivity contribution >= 4 is 25.8 Å². The quantitative estimate of drug-likeness (QED) is 0.747. The molecule has 0 spiro atoms. The number of anilines is 1. The van der Waals surface area contributed by atoms with E-state index in [4.69, 9.17) is 10.9 Å². The number of benzene rings is 1. The normalized spacial score (nSPS) is 14.0. The van der Waals surface area contributed by atoms with E-state index in [0.29, 0.717) is 27.5 Å². The lowest BCUT2D eigenvalue weighted by atomic mass is 10.2. The molecule has 6 nitrogen and oxygen atoms in total. The van der Waals surface area contributed by atoms with Crippen LogP contribution in [0.5, 0.6) is 0 Å². The molecule has 0 amide bonds. The summed E-state index contributed by atoms with van der Waals surface area (Å²) in [6.07, 6.45) is 5.86. The van der Waals surface area contributed by atoms with E-state index in [1.54, 1.807) is 6.07 Å². The SMILES string of the molecule is CC(C)n1c(-c2ncc(S(C)(C)(N)=O)cn2)c(N)c2cc(F)ccc21. The lowest BCUT2D eigenvalue weighted by Crippen LogP contribution is -2.39. The number of nitrogens with two attached hydrogens (primary N) is 2. The molecule has 0 saturated carbocycles. The van der Waals surface area contributed by atoms with Gasteiger partial charge >= 0.3 is 0 Å². The van der Waals surface area contributed by atoms with E-state index in [1.807, 2.05) is 18.4 Å². The molecular formula is C17H22FN5OS. The maximum atomic E-state index is 13.6. The van der Waals surface area contributed by atoms with Crippen LogP contribution in [0.3, 0.4) is 0 Å². The standard InChI is InChI=1S/C17H22FN5OS/c1-10(2)23-14-6-5-11(18)7-13(14)15(19)16(23)17-21-8-12(9-22-17)25(3,4,20)24/h5-10H,19H2,1-4H3,(H2,20,24). The van der Waals surface area contributed by atoms with E-state index in [2.05, 4.69) is 9.97 Å². The van der Waals surface area contributed by atoms with E-state index in [1.165, 1.54) is 37.0 Å². The van der Waals surface area contributed by atoms with Crippen LogP contribution >= 0.6 is 0 Å². The summed E-state index contributed by atoms with van der Waals surface area (Å²) in [6, 6.07) is 4.56. The van der Waals surface area contributed by atoms with Crippen molar-refractivity contribution in [1.82, 2.24) is 14.5 Å². The minimum atomic E-state index is -3.42. The molecular weight excluding hydrogens is 341 g/mol. The molecule has 4 N–H and O–H groups in total. The average Bonchev–Trinajstić information content (AvgIpc) is 2.79. The molecule has 1 aromatic carbocycles. The zero-order valence-electron chi connectivity index (χ0n) is 14.7. The van der Waals surface area contributed by atoms with Gasteiger partial charge < -0.3 is 10.3 Å². The van der Waals surface area contributed by atoms with Gasteiger partial charge in [0.05, 0.1) is 16.1 Å². The Morgan fingerprint density at radius 3 is 2.32 bits per heavy atom. The van der Waals surface area contributed by atoms with Gasteiger partial charge in [-0.1, -0.05) is 0 Å². The summed E-state index contributed by atoms with van der Waals surface area (Å²) in [6.45, 7) is 4.00. The van der Waals surface area contributed by atoms with Crippen LogP contribution in [-0.4, -0.2) is 31.3 Å². The average molecular weight is 363 g/mol. The number of halogens is 1. The Labute approximate surface area is 145 Å². The summed E-state index contributed by atoms with van der Waals surface area (Å²) in [5.74, 6) is 0.0221. The van der Waals surface area contributed by atoms with Crippen molar-refractivity contribution in [3.05, 3.63) is 36.4 Å². The third-order valence-corrected chi connectivity index (χ3v) is 5.68. The molecule has 0 radical (unpaired) electrons. The van der Waals surface area contributed by atoms with Gasteiger partial charge in [0, 0.05) is 36.3 Å². The van der Waals surface area contributed by atoms with Gasteiger partial charge in [0.25, 0.3) is 0 Å². The highest BCUT2D eigenvalue weighted by Crippen LogP contribution is 2.37. The van der Waals surface area contributed by atoms with Gasteiger partial charge in [0.2, 0.25) is 0 Å². The van der Waals surface area contributed by atoms with Crippen LogP contribution in [0.25, 0.3) is 22.4 Å². The number of hydrogen-bond acceptors (Lipinski definition) is 4. The molecule has 3 aromatic rings. The van der Waals surface area contributed by atoms with Crippen molar-refractivity contribution in [2.45, 2.75) is 24.8 Å². The number of rotatable bonds is 3. The van der Waals surface area contributed by atoms with Crippen LogP contribution in [0.1, 0.15) is 19.9 Å². The number of nitrogen functional groups attached to an aromatic ring is 1. The molecule has 2 aromatic heterocycles. The predicted molar refractivity (Wildman–Crippen MR) is 100 cm³/mol. The maximum absolute atomic E-state index is 13.6. The van der Waals surface area contributed by atoms with Crippen LogP contribution in [-0.2, 0) is 9.25 Å². The van der Waals surface area contributed by atoms with Gasteiger partial charge in [0.1, 0.15) is 11.5 Å². The van der Waals surface area contributed by atoms with E-state index in [-0.39, 0.29) is 11.9 Å². The second-order valence-corrected chi connectivity index (χ2v) is 11.4. The van der Waals surface area contributed by atoms with Crippen molar-refractivity contribution in [3.63, 3.8) is 0 Å². The topological polar surface area (TPSA) is 99.8 Å². The molecule has 0 aliphatic heterocycles. The molecule has 8 heteroatoms. The van der Waals surface area contributed by atoms with E-state index in [9.17, 15) is 8.60 Å². The number of nitrogens with zero attached hydrogens (tertiary/aromatic N) is 3. The van der Waals surface area contributed by atoms with Crippen molar-refractivity contribution in [1.29, 1.82) is 0 Å². The maximum Gasteiger partial charge on any atom is 0.178 e. The molecule has 0 bridgehead atoms. The van der Waals surface area contributed by atoms with Crippen molar-refractivity contribution in [2.75, 3.05) is 18.2 Å². The highest BCUT2D eigenvalue weighted by molar-refractivity contribution is 8.16. The smallest absolute Gasteiger partial charge is 0.178 e. The van der Waals surface area contributed by atoms with Crippen molar-refractivity contribution in [2.24, 2.45) is 5.14 Å². The predicted octanol–water partition coefficient (Wildman–Crippen LogP) is 2.71. The minimum Gasteiger partial charge on any atom is -0.396 e. The first-order valence-corrected chi connectivity index (χ1v) is 10.6. The van der Waals surface area contributed by atoms with Crippen LogP contribution in [0.2, 0.25) is 0 Å². The first-order chi connectivity index (χ1) is 11.5. The summed E-state index contributed by atoms with van der Waals surface area (Å²) in [5.41, 5.74) is 8.11. The van der Waals surface area contributed by atoms with Crippen LogP contribution in [0.4, 0.5) is 10.1 Å². The van der Waals surface area contributed by atoms with Gasteiger partial charge in [-0.05, 0) is 41.3 Å². The largest absolute Gasteiger partial charge is 0.396 e. The highest BCUT2D eigenvalue weighted by atomic mass is 32.3. The molecule has 3 rings (SSSR count). The Bertz CT molecular complexity index is 1020. The summed E-state index contributed by atoms with van der Waals surface area (Å²) in [4.78, 5) is 9.02. The minimum absolute atomic E-state index is 0.0626. The summed E-state index contributed by atoms with van der Waals surface area (Å²) >= 11 is 0. The lowest BCUT2D eigenvalue weighted by Gasteiger charge is -2.28. The first-order valence-electron chi connectivity index (χ1n) is 7.79. The molecule has 0 saturated heterocycles. The van der Waals surface area contributed by atoms with Crippen molar-refractivity contribution < 1.29 is 8.60 Å². The van der Waals surface area contributed by atoms with Crippen LogP contribution in [0, 0.1) is 5.82 Å². The summed E-state index contributed by atoms with van der Waals surface area (Å²) in [5, 5.41) is 6.49. The number of hydrogen-bond donors (Lipinski definition) is 2. The molecule has 134 valence electrons. The summed E-state index contributed by atoms with van der Waals surface area (Å²) < 4.78 is 28.1. The molecule has 25 heavy (non-hydrogen) atoms. The molecule has 0 atom stereocenters. The Hall–Kier alpha value is -2.32. The highest BCUT2D eigenvalue weighted by Gasteiger charge is 2.25. The fourth-order valence-electron chi connectivity index (χ4n) is 2.83. The van der Waals surface area contributed by atoms with E-state index in [0.717, 1.165) is 5.52 Å². The third-order valence-electron chi connectivity index (χ3n) is 4.06. The van der Waals surface area contributed by atoms with Crippen LogP contribution in [0.15, 0.2) is 35.5 Å². The van der Waals surface area contributed by atoms with Crippen LogP contribution < -0.4 is 10.9 Å². The second-order valence-electron chi connectivity index (χ2n) is 7.05. The van der Waals surface area contributed by atoms with Gasteiger partial charge in [0.15, 0.2) is 5.82 Å². The van der Waals surface area contributed by atoms with E-state index < -0.39 is 9.25 Å². The fraction of sp³-hybridized carbons (Fsp3) is 0.294. The van der Waals surface area contributed by atoms with Gasteiger partial charge in [-0.25, -0.2) is 14.4 Å². The Morgan fingerprint density at radius 2 is 1.80 bits per heavy atom.